The van der Waals surface area contributed by atoms with Crippen molar-refractivity contribution >= 4 is 49.8 Å². The van der Waals surface area contributed by atoms with Gasteiger partial charge in [0.2, 0.25) is 0 Å². The second-order valence-electron chi connectivity index (χ2n) is 7.46. The van der Waals surface area contributed by atoms with Gasteiger partial charge in [0, 0.05) is 11.1 Å². The number of carbonyl (C=O) groups is 1. The van der Waals surface area contributed by atoms with Gasteiger partial charge in [0.25, 0.3) is 0 Å². The lowest BCUT2D eigenvalue weighted by atomic mass is 9.87. The zero-order valence-electron chi connectivity index (χ0n) is 19.3. The molecule has 1 aliphatic carbocycles. The average Bonchev–Trinajstić information content (AvgIpc) is 2.79. The fourth-order valence-electron chi connectivity index (χ4n) is 3.80. The van der Waals surface area contributed by atoms with Gasteiger partial charge < -0.3 is 18.9 Å². The molecule has 2 aromatic carbocycles. The molecule has 0 spiro atoms. The smallest absolute Gasteiger partial charge is 0.185 e. The monoisotopic (exact) mass is 578 g/mol. The van der Waals surface area contributed by atoms with Crippen LogP contribution in [0.2, 0.25) is 0 Å². The Morgan fingerprint density at radius 1 is 0.788 bits per heavy atom. The SMILES string of the molecule is CCOc1c(Br)cc(/C=C2\CCC/C(=C\c3cc(Br)c(OCC)c(OC)c3)C2=O)cc1OC. The van der Waals surface area contributed by atoms with Crippen molar-refractivity contribution in [2.45, 2.75) is 33.1 Å². The zero-order valence-corrected chi connectivity index (χ0v) is 22.5. The third kappa shape index (κ3) is 6.01. The molecule has 3 rings (SSSR count). The van der Waals surface area contributed by atoms with Gasteiger partial charge in [-0.05, 0) is 113 Å². The first-order valence-electron chi connectivity index (χ1n) is 10.9. The summed E-state index contributed by atoms with van der Waals surface area (Å²) in [4.78, 5) is 13.3. The van der Waals surface area contributed by atoms with Crippen LogP contribution in [0.3, 0.4) is 0 Å². The van der Waals surface area contributed by atoms with E-state index in [9.17, 15) is 4.79 Å². The first-order chi connectivity index (χ1) is 15.9. The molecule has 0 unspecified atom stereocenters. The van der Waals surface area contributed by atoms with Crippen molar-refractivity contribution in [1.29, 1.82) is 0 Å². The third-order valence-corrected chi connectivity index (χ3v) is 6.42. The van der Waals surface area contributed by atoms with Gasteiger partial charge in [0.15, 0.2) is 28.8 Å². The summed E-state index contributed by atoms with van der Waals surface area (Å²) >= 11 is 7.11. The molecule has 176 valence electrons. The molecule has 0 bridgehead atoms. The van der Waals surface area contributed by atoms with Gasteiger partial charge in [-0.25, -0.2) is 0 Å². The van der Waals surface area contributed by atoms with Crippen molar-refractivity contribution in [2.24, 2.45) is 0 Å². The molecule has 5 nitrogen and oxygen atoms in total. The van der Waals surface area contributed by atoms with Crippen molar-refractivity contribution in [3.05, 3.63) is 55.5 Å². The number of carbonyl (C=O) groups excluding carboxylic acids is 1. The molecule has 1 fully saturated rings. The van der Waals surface area contributed by atoms with Crippen LogP contribution in [0.4, 0.5) is 0 Å². The number of ketones is 1. The van der Waals surface area contributed by atoms with Crippen LogP contribution < -0.4 is 18.9 Å². The minimum atomic E-state index is 0.0641. The molecule has 0 atom stereocenters. The van der Waals surface area contributed by atoms with Crippen LogP contribution >= 0.6 is 31.9 Å². The fourth-order valence-corrected chi connectivity index (χ4v) is 4.94. The number of hydrogen-bond donors (Lipinski definition) is 0. The van der Waals surface area contributed by atoms with E-state index in [0.29, 0.717) is 36.2 Å². The van der Waals surface area contributed by atoms with Crippen molar-refractivity contribution in [2.75, 3.05) is 27.4 Å². The summed E-state index contributed by atoms with van der Waals surface area (Å²) in [6.07, 6.45) is 6.26. The molecule has 2 aromatic rings. The minimum Gasteiger partial charge on any atom is -0.493 e. The maximum atomic E-state index is 13.3. The Bertz CT molecular complexity index is 1010. The predicted molar refractivity (Wildman–Crippen MR) is 139 cm³/mol. The van der Waals surface area contributed by atoms with Gasteiger partial charge in [-0.1, -0.05) is 0 Å². The van der Waals surface area contributed by atoms with Gasteiger partial charge in [-0.15, -0.1) is 0 Å². The van der Waals surface area contributed by atoms with E-state index < -0.39 is 0 Å². The number of allylic oxidation sites excluding steroid dienone is 2. The highest BCUT2D eigenvalue weighted by atomic mass is 79.9. The zero-order chi connectivity index (χ0) is 24.0. The van der Waals surface area contributed by atoms with Crippen molar-refractivity contribution in [3.63, 3.8) is 0 Å². The van der Waals surface area contributed by atoms with E-state index in [1.54, 1.807) is 14.2 Å². The highest BCUT2D eigenvalue weighted by Crippen LogP contribution is 2.39. The van der Waals surface area contributed by atoms with Crippen LogP contribution in [0, 0.1) is 0 Å². The Balaban J connectivity index is 1.93. The van der Waals surface area contributed by atoms with Crippen LogP contribution in [0.5, 0.6) is 23.0 Å². The number of Topliss-reactive ketones (excluding diaryl/α,β-unsaturated/α-hetero) is 1. The Labute approximate surface area is 212 Å². The lowest BCUT2D eigenvalue weighted by molar-refractivity contribution is -0.112. The Morgan fingerprint density at radius 2 is 1.21 bits per heavy atom. The Morgan fingerprint density at radius 3 is 1.58 bits per heavy atom. The molecule has 0 amide bonds. The second kappa shape index (κ2) is 11.7. The highest BCUT2D eigenvalue weighted by Gasteiger charge is 2.22. The van der Waals surface area contributed by atoms with Crippen LogP contribution in [0.15, 0.2) is 44.4 Å². The van der Waals surface area contributed by atoms with E-state index in [1.807, 2.05) is 50.3 Å². The number of halogens is 2. The molecule has 33 heavy (non-hydrogen) atoms. The van der Waals surface area contributed by atoms with Gasteiger partial charge in [0.05, 0.1) is 36.4 Å². The molecule has 0 aliphatic heterocycles. The topological polar surface area (TPSA) is 54.0 Å². The molecule has 1 aliphatic rings. The molecule has 0 aromatic heterocycles. The summed E-state index contributed by atoms with van der Waals surface area (Å²) < 4.78 is 23.9. The number of ether oxygens (including phenoxy) is 4. The third-order valence-electron chi connectivity index (χ3n) is 5.24. The standard InChI is InChI=1S/C26H28Br2O5/c1-5-32-25-20(27)12-16(14-22(25)30-3)10-18-8-7-9-19(24(18)29)11-17-13-21(28)26(33-6-2)23(15-17)31-4/h10-15H,5-9H2,1-4H3/b18-10+,19-11+. The summed E-state index contributed by atoms with van der Waals surface area (Å²) in [7, 11) is 3.22. The average molecular weight is 580 g/mol. The van der Waals surface area contributed by atoms with E-state index in [0.717, 1.165) is 50.5 Å². The predicted octanol–water partition coefficient (Wildman–Crippen LogP) is 7.25. The van der Waals surface area contributed by atoms with E-state index in [2.05, 4.69) is 31.9 Å². The van der Waals surface area contributed by atoms with Crippen molar-refractivity contribution in [3.8, 4) is 23.0 Å². The molecular weight excluding hydrogens is 552 g/mol. The Kier molecular flexibility index (Phi) is 9.03. The van der Waals surface area contributed by atoms with Crippen molar-refractivity contribution in [1.82, 2.24) is 0 Å². The summed E-state index contributed by atoms with van der Waals surface area (Å²) in [5.41, 5.74) is 3.33. The summed E-state index contributed by atoms with van der Waals surface area (Å²) in [6, 6.07) is 7.67. The van der Waals surface area contributed by atoms with Gasteiger partial charge in [-0.2, -0.15) is 0 Å². The van der Waals surface area contributed by atoms with E-state index in [4.69, 9.17) is 18.9 Å². The van der Waals surface area contributed by atoms with E-state index >= 15 is 0 Å². The van der Waals surface area contributed by atoms with Gasteiger partial charge in [0.1, 0.15) is 0 Å². The molecule has 0 N–H and O–H groups in total. The van der Waals surface area contributed by atoms with E-state index in [1.165, 1.54) is 0 Å². The lowest BCUT2D eigenvalue weighted by Crippen LogP contribution is -2.12. The quantitative estimate of drug-likeness (QED) is 0.308. The van der Waals surface area contributed by atoms with Crippen LogP contribution in [-0.2, 0) is 4.79 Å². The fraction of sp³-hybridized carbons (Fsp3) is 0.346. The molecule has 1 saturated carbocycles. The first kappa shape index (κ1) is 25.4. The number of rotatable bonds is 8. The molecule has 0 saturated heterocycles. The highest BCUT2D eigenvalue weighted by molar-refractivity contribution is 9.11. The van der Waals surface area contributed by atoms with Gasteiger partial charge >= 0.3 is 0 Å². The van der Waals surface area contributed by atoms with Crippen LogP contribution in [-0.4, -0.2) is 33.2 Å². The lowest BCUT2D eigenvalue weighted by Gasteiger charge is -2.18. The summed E-state index contributed by atoms with van der Waals surface area (Å²) in [6.45, 7) is 4.92. The van der Waals surface area contributed by atoms with Crippen LogP contribution in [0.1, 0.15) is 44.2 Å². The van der Waals surface area contributed by atoms with E-state index in [-0.39, 0.29) is 5.78 Å². The molecule has 0 radical (unpaired) electrons. The Hall–Kier alpha value is -2.25. The van der Waals surface area contributed by atoms with Crippen molar-refractivity contribution < 1.29 is 23.7 Å². The van der Waals surface area contributed by atoms with Gasteiger partial charge in [-0.3, -0.25) is 4.79 Å². The second-order valence-corrected chi connectivity index (χ2v) is 9.16. The molecule has 0 heterocycles. The van der Waals surface area contributed by atoms with Crippen LogP contribution in [0.25, 0.3) is 12.2 Å². The minimum absolute atomic E-state index is 0.0641. The number of benzene rings is 2. The summed E-state index contributed by atoms with van der Waals surface area (Å²) in [5.74, 6) is 2.64. The summed E-state index contributed by atoms with van der Waals surface area (Å²) in [5, 5.41) is 0. The number of methoxy groups -OCH3 is 2. The first-order valence-corrected chi connectivity index (χ1v) is 12.5. The molecule has 7 heteroatoms. The maximum absolute atomic E-state index is 13.3. The normalized spacial score (nSPS) is 16.2. The largest absolute Gasteiger partial charge is 0.493 e. The number of hydrogen-bond acceptors (Lipinski definition) is 5. The molecular formula is C26H28Br2O5. The maximum Gasteiger partial charge on any atom is 0.185 e.